The van der Waals surface area contributed by atoms with Crippen LogP contribution in [0.2, 0.25) is 0 Å². The minimum Gasteiger partial charge on any atom is -0.377 e. The van der Waals surface area contributed by atoms with E-state index >= 15 is 0 Å². The molecule has 0 radical (unpaired) electrons. The molecular weight excluding hydrogens is 126 g/mol. The van der Waals surface area contributed by atoms with Crippen molar-refractivity contribution >= 4 is 0 Å². The van der Waals surface area contributed by atoms with Gasteiger partial charge in [0.2, 0.25) is 0 Å². The summed E-state index contributed by atoms with van der Waals surface area (Å²) in [7, 11) is 0. The summed E-state index contributed by atoms with van der Waals surface area (Å²) in [5, 5.41) is 3.27. The fraction of sp³-hybridized carbons (Fsp3) is 1.00. The molecule has 0 amide bonds. The van der Waals surface area contributed by atoms with E-state index in [2.05, 4.69) is 12.2 Å². The van der Waals surface area contributed by atoms with Gasteiger partial charge in [0.15, 0.2) is 0 Å². The van der Waals surface area contributed by atoms with Gasteiger partial charge in [-0.25, -0.2) is 0 Å². The van der Waals surface area contributed by atoms with Crippen LogP contribution in [0, 0.1) is 0 Å². The zero-order valence-electron chi connectivity index (χ0n) is 7.31. The van der Waals surface area contributed by atoms with Gasteiger partial charge < -0.3 is 10.1 Å². The molecule has 1 saturated heterocycles. The lowest BCUT2D eigenvalue weighted by Gasteiger charge is -2.05. The third-order valence-electron chi connectivity index (χ3n) is 1.33. The lowest BCUT2D eigenvalue weighted by molar-refractivity contribution is 0.0804. The number of hydrogen-bond acceptors (Lipinski definition) is 2. The van der Waals surface area contributed by atoms with E-state index in [-0.39, 0.29) is 0 Å². The average molecular weight is 145 g/mol. The van der Waals surface area contributed by atoms with Crippen molar-refractivity contribution < 1.29 is 4.74 Å². The van der Waals surface area contributed by atoms with Crippen LogP contribution in [0.25, 0.3) is 0 Å². The minimum atomic E-state index is 0.414. The highest BCUT2D eigenvalue weighted by atomic mass is 16.5. The predicted molar refractivity (Wildman–Crippen MR) is 44.2 cm³/mol. The second-order valence-electron chi connectivity index (χ2n) is 2.24. The Morgan fingerprint density at radius 1 is 1.40 bits per heavy atom. The Balaban J connectivity index is 0.000000371. The molecule has 1 unspecified atom stereocenters. The van der Waals surface area contributed by atoms with Crippen LogP contribution in [0.5, 0.6) is 0 Å². The molecule has 0 bridgehead atoms. The molecular formula is C8H19NO. The van der Waals surface area contributed by atoms with Crippen LogP contribution >= 0.6 is 0 Å². The quantitative estimate of drug-likeness (QED) is 0.556. The van der Waals surface area contributed by atoms with E-state index < -0.39 is 0 Å². The molecule has 10 heavy (non-hydrogen) atoms. The molecule has 2 nitrogen and oxygen atoms in total. The molecule has 0 aromatic carbocycles. The number of rotatable bonds is 0. The molecule has 1 fully saturated rings. The summed E-state index contributed by atoms with van der Waals surface area (Å²) in [6.45, 7) is 9.15. The SMILES string of the molecule is CC.CC1CNCCCO1. The maximum Gasteiger partial charge on any atom is 0.0671 e. The van der Waals surface area contributed by atoms with Crippen molar-refractivity contribution in [3.63, 3.8) is 0 Å². The Bertz CT molecular complexity index is 58.3. The number of nitrogens with one attached hydrogen (secondary N) is 1. The first-order valence-electron chi connectivity index (χ1n) is 4.22. The molecule has 1 N–H and O–H groups in total. The lowest BCUT2D eigenvalue weighted by atomic mass is 10.4. The molecule has 2 heteroatoms. The third-order valence-corrected chi connectivity index (χ3v) is 1.33. The Labute approximate surface area is 64.0 Å². The summed E-state index contributed by atoms with van der Waals surface area (Å²) in [6.07, 6.45) is 1.57. The number of ether oxygens (including phenoxy) is 1. The van der Waals surface area contributed by atoms with Crippen LogP contribution in [0.1, 0.15) is 27.2 Å². The van der Waals surface area contributed by atoms with Crippen molar-refractivity contribution in [3.8, 4) is 0 Å². The van der Waals surface area contributed by atoms with E-state index in [1.54, 1.807) is 0 Å². The molecule has 0 spiro atoms. The zero-order chi connectivity index (χ0) is 7.82. The summed E-state index contributed by atoms with van der Waals surface area (Å²) in [6, 6.07) is 0. The normalized spacial score (nSPS) is 26.1. The molecule has 1 aliphatic rings. The van der Waals surface area contributed by atoms with Gasteiger partial charge in [0.1, 0.15) is 0 Å². The lowest BCUT2D eigenvalue weighted by Crippen LogP contribution is -2.22. The highest BCUT2D eigenvalue weighted by molar-refractivity contribution is 4.59. The molecule has 1 heterocycles. The highest BCUT2D eigenvalue weighted by Gasteiger charge is 2.03. The highest BCUT2D eigenvalue weighted by Crippen LogP contribution is 1.94. The summed E-state index contributed by atoms with van der Waals surface area (Å²) in [5.74, 6) is 0. The molecule has 0 aromatic rings. The van der Waals surface area contributed by atoms with Crippen LogP contribution in [-0.4, -0.2) is 25.8 Å². The van der Waals surface area contributed by atoms with Crippen molar-refractivity contribution in [2.75, 3.05) is 19.7 Å². The fourth-order valence-electron chi connectivity index (χ4n) is 0.846. The molecule has 0 aliphatic carbocycles. The summed E-state index contributed by atoms with van der Waals surface area (Å²) in [4.78, 5) is 0. The Kier molecular flexibility index (Phi) is 6.98. The van der Waals surface area contributed by atoms with Gasteiger partial charge in [-0.1, -0.05) is 13.8 Å². The topological polar surface area (TPSA) is 21.3 Å². The van der Waals surface area contributed by atoms with Crippen molar-refractivity contribution in [2.24, 2.45) is 0 Å². The van der Waals surface area contributed by atoms with Gasteiger partial charge in [-0.2, -0.15) is 0 Å². The van der Waals surface area contributed by atoms with Gasteiger partial charge >= 0.3 is 0 Å². The molecule has 1 aliphatic heterocycles. The van der Waals surface area contributed by atoms with Crippen LogP contribution in [0.15, 0.2) is 0 Å². The molecule has 0 aromatic heterocycles. The smallest absolute Gasteiger partial charge is 0.0671 e. The van der Waals surface area contributed by atoms with E-state index in [0.29, 0.717) is 6.10 Å². The molecule has 0 saturated carbocycles. The van der Waals surface area contributed by atoms with Crippen LogP contribution in [0.3, 0.4) is 0 Å². The van der Waals surface area contributed by atoms with Gasteiger partial charge in [0.05, 0.1) is 6.10 Å². The molecule has 1 atom stereocenters. The molecule has 1 rings (SSSR count). The standard InChI is InChI=1S/C6H13NO.C2H6/c1-6-5-7-3-2-4-8-6;1-2/h6-7H,2-5H2,1H3;1-2H3. The van der Waals surface area contributed by atoms with E-state index in [0.717, 1.165) is 26.1 Å². The third kappa shape index (κ3) is 4.77. The largest absolute Gasteiger partial charge is 0.377 e. The van der Waals surface area contributed by atoms with Crippen molar-refractivity contribution in [1.82, 2.24) is 5.32 Å². The molecule has 62 valence electrons. The van der Waals surface area contributed by atoms with Crippen LogP contribution in [-0.2, 0) is 4.74 Å². The van der Waals surface area contributed by atoms with E-state index in [9.17, 15) is 0 Å². The van der Waals surface area contributed by atoms with Gasteiger partial charge in [0.25, 0.3) is 0 Å². The first-order chi connectivity index (χ1) is 4.89. The zero-order valence-corrected chi connectivity index (χ0v) is 7.31. The van der Waals surface area contributed by atoms with Crippen molar-refractivity contribution in [1.29, 1.82) is 0 Å². The first kappa shape index (κ1) is 9.92. The summed E-state index contributed by atoms with van der Waals surface area (Å²) < 4.78 is 5.34. The van der Waals surface area contributed by atoms with Crippen molar-refractivity contribution in [3.05, 3.63) is 0 Å². The van der Waals surface area contributed by atoms with Crippen molar-refractivity contribution in [2.45, 2.75) is 33.3 Å². The minimum absolute atomic E-state index is 0.414. The van der Waals surface area contributed by atoms with Gasteiger partial charge in [-0.15, -0.1) is 0 Å². The van der Waals surface area contributed by atoms with Gasteiger partial charge in [-0.3, -0.25) is 0 Å². The number of hydrogen-bond donors (Lipinski definition) is 1. The Morgan fingerprint density at radius 2 is 2.10 bits per heavy atom. The fourth-order valence-corrected chi connectivity index (χ4v) is 0.846. The average Bonchev–Trinajstić information content (AvgIpc) is 2.21. The Hall–Kier alpha value is -0.0800. The van der Waals surface area contributed by atoms with E-state index in [1.807, 2.05) is 13.8 Å². The first-order valence-corrected chi connectivity index (χ1v) is 4.22. The van der Waals surface area contributed by atoms with Crippen LogP contribution < -0.4 is 5.32 Å². The van der Waals surface area contributed by atoms with E-state index in [1.165, 1.54) is 0 Å². The van der Waals surface area contributed by atoms with E-state index in [4.69, 9.17) is 4.74 Å². The summed E-state index contributed by atoms with van der Waals surface area (Å²) >= 11 is 0. The monoisotopic (exact) mass is 145 g/mol. The maximum atomic E-state index is 5.34. The second kappa shape index (κ2) is 7.03. The van der Waals surface area contributed by atoms with Gasteiger partial charge in [-0.05, 0) is 19.9 Å². The van der Waals surface area contributed by atoms with Gasteiger partial charge in [0, 0.05) is 13.2 Å². The van der Waals surface area contributed by atoms with Crippen LogP contribution in [0.4, 0.5) is 0 Å². The predicted octanol–water partition coefficient (Wildman–Crippen LogP) is 1.41. The second-order valence-corrected chi connectivity index (χ2v) is 2.24. The maximum absolute atomic E-state index is 5.34. The Morgan fingerprint density at radius 3 is 2.80 bits per heavy atom. The summed E-state index contributed by atoms with van der Waals surface area (Å²) in [5.41, 5.74) is 0.